The van der Waals surface area contributed by atoms with Gasteiger partial charge in [0.2, 0.25) is 0 Å². The van der Waals surface area contributed by atoms with Crippen molar-refractivity contribution in [1.82, 2.24) is 24.5 Å². The van der Waals surface area contributed by atoms with Crippen molar-refractivity contribution in [3.8, 4) is 39.5 Å². The summed E-state index contributed by atoms with van der Waals surface area (Å²) in [5.74, 6) is 1.26. The number of hydrogen-bond donors (Lipinski definition) is 0. The summed E-state index contributed by atoms with van der Waals surface area (Å²) in [7, 11) is -1.76. The third-order valence-corrected chi connectivity index (χ3v) is 13.4. The third kappa shape index (κ3) is 8.91. The Morgan fingerprint density at radius 2 is 1.39 bits per heavy atom. The maximum Gasteiger partial charge on any atom is 0.158 e. The number of benzene rings is 6. The molecule has 6 nitrogen and oxygen atoms in total. The van der Waals surface area contributed by atoms with Gasteiger partial charge in [-0.05, 0) is 75.1 Å². The summed E-state index contributed by atoms with van der Waals surface area (Å²) in [4.78, 5) is 18.8. The van der Waals surface area contributed by atoms with Gasteiger partial charge in [0.1, 0.15) is 17.4 Å². The molecule has 0 bridgehead atoms. The SMILES string of the molecule is CC(C)c1cc(-c2ccccc2)cc(C(C)C)c1-n1c(-c2[c-]ccc3c2oc2ccccc23)nc2cncnc21.[2H]C([2H])(c1ccccc1)c1cc(-c2[c-]cccc2)ncc1[Si](C)(C)C.[Ir]. The van der Waals surface area contributed by atoms with Gasteiger partial charge in [-0.15, -0.1) is 54.1 Å². The Balaban J connectivity index is 0.000000197. The van der Waals surface area contributed by atoms with Gasteiger partial charge < -0.3 is 14.0 Å². The predicted octanol–water partition coefficient (Wildman–Crippen LogP) is 13.8. The molecule has 1 radical (unpaired) electrons. The van der Waals surface area contributed by atoms with Crippen molar-refractivity contribution in [3.05, 3.63) is 193 Å². The number of fused-ring (bicyclic) bond motifs is 4. The van der Waals surface area contributed by atoms with Crippen molar-refractivity contribution >= 4 is 46.4 Å². The Morgan fingerprint density at radius 3 is 2.08 bits per heavy atom. The fourth-order valence-corrected chi connectivity index (χ4v) is 9.61. The van der Waals surface area contributed by atoms with Crippen LogP contribution >= 0.6 is 0 Å². The summed E-state index contributed by atoms with van der Waals surface area (Å²) in [5, 5.41) is 3.18. The molecule has 0 unspecified atom stereocenters. The average molecular weight is 1030 g/mol. The van der Waals surface area contributed by atoms with Crippen molar-refractivity contribution in [1.29, 1.82) is 0 Å². The third-order valence-electron chi connectivity index (χ3n) is 11.4. The van der Waals surface area contributed by atoms with Gasteiger partial charge in [0.05, 0.1) is 25.7 Å². The van der Waals surface area contributed by atoms with E-state index in [9.17, 15) is 0 Å². The first kappa shape index (κ1) is 41.7. The second kappa shape index (κ2) is 18.8. The minimum atomic E-state index is -1.76. The zero-order chi connectivity index (χ0) is 45.5. The number of hydrogen-bond acceptors (Lipinski definition) is 5. The zero-order valence-corrected chi connectivity index (χ0v) is 40.5. The predicted molar refractivity (Wildman–Crippen MR) is 263 cm³/mol. The van der Waals surface area contributed by atoms with E-state index < -0.39 is 14.4 Å². The molecule has 0 spiro atoms. The van der Waals surface area contributed by atoms with Crippen molar-refractivity contribution in [2.75, 3.05) is 0 Å². The maximum absolute atomic E-state index is 8.84. The molecule has 0 aliphatic rings. The van der Waals surface area contributed by atoms with E-state index in [4.69, 9.17) is 17.1 Å². The molecular formula is C56H51IrN5OSi-2. The molecule has 10 aromatic rings. The molecule has 6 aromatic carbocycles. The topological polar surface area (TPSA) is 69.6 Å². The van der Waals surface area contributed by atoms with Crippen LogP contribution in [0.2, 0.25) is 19.6 Å². The van der Waals surface area contributed by atoms with E-state index in [2.05, 4.69) is 129 Å². The first-order chi connectivity index (χ1) is 31.3. The van der Waals surface area contributed by atoms with Crippen LogP contribution in [0.25, 0.3) is 72.6 Å². The summed E-state index contributed by atoms with van der Waals surface area (Å²) in [6.07, 6.45) is 3.68. The smallest absolute Gasteiger partial charge is 0.158 e. The number of pyridine rings is 1. The number of imidazole rings is 1. The minimum Gasteiger partial charge on any atom is -0.501 e. The van der Waals surface area contributed by atoms with Gasteiger partial charge in [0.25, 0.3) is 0 Å². The molecule has 64 heavy (non-hydrogen) atoms. The summed E-state index contributed by atoms with van der Waals surface area (Å²) in [6.45, 7) is 15.7. The van der Waals surface area contributed by atoms with E-state index in [0.717, 1.165) is 72.2 Å². The number of rotatable bonds is 9. The van der Waals surface area contributed by atoms with E-state index in [1.807, 2.05) is 91.1 Å². The zero-order valence-electron chi connectivity index (χ0n) is 39.1. The monoisotopic (exact) mass is 1030 g/mol. The van der Waals surface area contributed by atoms with Gasteiger partial charge in [0, 0.05) is 40.1 Å². The van der Waals surface area contributed by atoms with Crippen LogP contribution in [-0.4, -0.2) is 32.6 Å². The van der Waals surface area contributed by atoms with E-state index in [1.54, 1.807) is 12.5 Å². The molecule has 0 saturated heterocycles. The molecule has 8 heteroatoms. The molecular weight excluding hydrogens is 979 g/mol. The average Bonchev–Trinajstić information content (AvgIpc) is 3.90. The maximum atomic E-state index is 8.84. The number of para-hydroxylation sites is 1. The van der Waals surface area contributed by atoms with Gasteiger partial charge in [0.15, 0.2) is 5.65 Å². The molecule has 0 saturated carbocycles. The Kier molecular flexibility index (Phi) is 12.2. The van der Waals surface area contributed by atoms with Crippen LogP contribution in [0.3, 0.4) is 0 Å². The molecule has 0 aliphatic heterocycles. The second-order valence-electron chi connectivity index (χ2n) is 17.5. The van der Waals surface area contributed by atoms with Crippen LogP contribution in [0.15, 0.2) is 163 Å². The molecule has 0 fully saturated rings. The number of aromatic nitrogens is 5. The van der Waals surface area contributed by atoms with Crippen molar-refractivity contribution in [3.63, 3.8) is 0 Å². The van der Waals surface area contributed by atoms with Gasteiger partial charge in [-0.1, -0.05) is 149 Å². The molecule has 4 heterocycles. The number of furan rings is 1. The van der Waals surface area contributed by atoms with Crippen LogP contribution in [0.5, 0.6) is 0 Å². The van der Waals surface area contributed by atoms with Crippen molar-refractivity contribution < 1.29 is 27.3 Å². The van der Waals surface area contributed by atoms with Gasteiger partial charge in [-0.2, -0.15) is 0 Å². The first-order valence-electron chi connectivity index (χ1n) is 22.6. The largest absolute Gasteiger partial charge is 0.501 e. The quantitative estimate of drug-likeness (QED) is 0.106. The standard InChI is InChI=1S/C35H29N4O.C21H22NSi.Ir/c1-21(2)28-17-24(23-11-6-5-7-12-23)18-29(22(3)4)32(28)39-34(38-30-19-36-20-37-35(30)39)27-15-10-14-26-25-13-8-9-16-31(25)40-33(26)27;1-23(2,3)21-16-22-20(18-12-8-5-9-13-18)15-19(21)14-17-10-6-4-7-11-17;/h5-14,16-22H,1-4H3;4-12,15-16H,14H2,1-3H3;/q2*-1;/i;14D2;. The molecule has 4 aromatic heterocycles. The van der Waals surface area contributed by atoms with Crippen LogP contribution in [0.1, 0.15) is 64.5 Å². The van der Waals surface area contributed by atoms with Gasteiger partial charge in [-0.25, -0.2) is 9.97 Å². The van der Waals surface area contributed by atoms with Gasteiger partial charge in [-0.3, -0.25) is 4.98 Å². The van der Waals surface area contributed by atoms with Crippen molar-refractivity contribution in [2.45, 2.75) is 65.5 Å². The van der Waals surface area contributed by atoms with Crippen LogP contribution in [0, 0.1) is 12.1 Å². The Morgan fingerprint density at radius 1 is 0.703 bits per heavy atom. The summed E-state index contributed by atoms with van der Waals surface area (Å²) in [5.41, 5.74) is 13.0. The van der Waals surface area contributed by atoms with Crippen molar-refractivity contribution in [2.24, 2.45) is 0 Å². The molecule has 0 amide bonds. The molecule has 0 aliphatic carbocycles. The summed E-state index contributed by atoms with van der Waals surface area (Å²) < 4.78 is 26.3. The Hall–Kier alpha value is -6.31. The molecule has 0 N–H and O–H groups in total. The van der Waals surface area contributed by atoms with Crippen LogP contribution in [0.4, 0.5) is 0 Å². The van der Waals surface area contributed by atoms with E-state index in [1.165, 1.54) is 22.3 Å². The van der Waals surface area contributed by atoms with Crippen LogP contribution in [-0.2, 0) is 26.5 Å². The summed E-state index contributed by atoms with van der Waals surface area (Å²) in [6, 6.07) is 53.0. The Labute approximate surface area is 393 Å². The van der Waals surface area contributed by atoms with Crippen LogP contribution < -0.4 is 5.19 Å². The molecule has 321 valence electrons. The normalized spacial score (nSPS) is 12.3. The molecule has 0 atom stereocenters. The fraction of sp³-hybridized carbons (Fsp3) is 0.179. The van der Waals surface area contributed by atoms with Gasteiger partial charge >= 0.3 is 0 Å². The van der Waals surface area contributed by atoms with E-state index >= 15 is 0 Å². The summed E-state index contributed by atoms with van der Waals surface area (Å²) >= 11 is 0. The molecule has 10 rings (SSSR count). The first-order valence-corrected chi connectivity index (χ1v) is 25.1. The minimum absolute atomic E-state index is 0. The van der Waals surface area contributed by atoms with E-state index in [-0.39, 0.29) is 31.9 Å². The Bertz CT molecular complexity index is 3260. The van der Waals surface area contributed by atoms with E-state index in [0.29, 0.717) is 5.56 Å². The second-order valence-corrected chi connectivity index (χ2v) is 22.5. The fourth-order valence-electron chi connectivity index (χ4n) is 8.22. The number of nitrogens with zero attached hydrogens (tertiary/aromatic N) is 5.